The van der Waals surface area contributed by atoms with Crippen LogP contribution in [0.25, 0.3) is 16.9 Å². The van der Waals surface area contributed by atoms with Crippen molar-refractivity contribution < 1.29 is 0 Å². The molecule has 0 atom stereocenters. The fourth-order valence-corrected chi connectivity index (χ4v) is 2.28. The first kappa shape index (κ1) is 11.2. The maximum atomic E-state index is 12.0. The van der Waals surface area contributed by atoms with Crippen LogP contribution in [0, 0.1) is 6.92 Å². The van der Waals surface area contributed by atoms with Crippen molar-refractivity contribution in [1.82, 2.24) is 14.5 Å². The van der Waals surface area contributed by atoms with Gasteiger partial charge in [-0.25, -0.2) is 14.3 Å². The molecule has 2 heterocycles. The summed E-state index contributed by atoms with van der Waals surface area (Å²) in [6.45, 7) is 1.98. The van der Waals surface area contributed by atoms with Crippen molar-refractivity contribution in [2.75, 3.05) is 0 Å². The molecule has 0 bridgehead atoms. The van der Waals surface area contributed by atoms with Gasteiger partial charge in [-0.1, -0.05) is 12.1 Å². The summed E-state index contributed by atoms with van der Waals surface area (Å²) in [5.41, 5.74) is 2.56. The van der Waals surface area contributed by atoms with E-state index < -0.39 is 0 Å². The molecule has 4 nitrogen and oxygen atoms in total. The third-order valence-electron chi connectivity index (χ3n) is 2.85. The lowest BCUT2D eigenvalue weighted by Gasteiger charge is -2.04. The molecule has 0 unspecified atom stereocenters. The molecular weight excluding hydrogens is 294 g/mol. The zero-order valence-corrected chi connectivity index (χ0v) is 11.2. The average molecular weight is 304 g/mol. The molecule has 5 heteroatoms. The van der Waals surface area contributed by atoms with Crippen molar-refractivity contribution in [3.8, 4) is 5.82 Å². The van der Waals surface area contributed by atoms with Gasteiger partial charge in [0, 0.05) is 10.7 Å². The van der Waals surface area contributed by atoms with E-state index in [0.29, 0.717) is 5.82 Å². The number of benzene rings is 1. The molecule has 1 aromatic carbocycles. The number of fused-ring (bicyclic) bond motifs is 1. The number of aromatic nitrogens is 3. The van der Waals surface area contributed by atoms with Gasteiger partial charge in [0.15, 0.2) is 0 Å². The second-order valence-electron chi connectivity index (χ2n) is 4.07. The molecule has 0 saturated heterocycles. The first-order chi connectivity index (χ1) is 8.66. The number of nitrogens with zero attached hydrogens (tertiary/aromatic N) is 2. The Morgan fingerprint density at radius 1 is 1.28 bits per heavy atom. The van der Waals surface area contributed by atoms with E-state index in [9.17, 15) is 4.79 Å². The van der Waals surface area contributed by atoms with E-state index in [4.69, 9.17) is 0 Å². The van der Waals surface area contributed by atoms with E-state index in [1.807, 2.05) is 37.3 Å². The number of imidazole rings is 1. The Morgan fingerprint density at radius 2 is 2.11 bits per heavy atom. The second kappa shape index (κ2) is 4.10. The highest BCUT2D eigenvalue weighted by atomic mass is 79.9. The molecule has 0 saturated carbocycles. The van der Waals surface area contributed by atoms with E-state index in [1.165, 1.54) is 0 Å². The second-order valence-corrected chi connectivity index (χ2v) is 4.99. The third kappa shape index (κ3) is 1.67. The van der Waals surface area contributed by atoms with Crippen LogP contribution in [-0.4, -0.2) is 14.5 Å². The summed E-state index contributed by atoms with van der Waals surface area (Å²) < 4.78 is 2.48. The van der Waals surface area contributed by atoms with Gasteiger partial charge in [0.1, 0.15) is 5.82 Å². The SMILES string of the molecule is Cc1cccc2[nH]c(=O)n(-c3ccc(Br)cn3)c12. The van der Waals surface area contributed by atoms with Crippen LogP contribution in [0.4, 0.5) is 0 Å². The number of pyridine rings is 1. The summed E-state index contributed by atoms with van der Waals surface area (Å²) >= 11 is 3.33. The Morgan fingerprint density at radius 3 is 2.83 bits per heavy atom. The Bertz CT molecular complexity index is 771. The molecule has 18 heavy (non-hydrogen) atoms. The molecular formula is C13H10BrN3O. The van der Waals surface area contributed by atoms with Gasteiger partial charge in [-0.05, 0) is 46.6 Å². The summed E-state index contributed by atoms with van der Waals surface area (Å²) in [5.74, 6) is 0.615. The maximum Gasteiger partial charge on any atom is 0.332 e. The minimum absolute atomic E-state index is 0.172. The fourth-order valence-electron chi connectivity index (χ4n) is 2.05. The molecule has 0 amide bonds. The number of nitrogens with one attached hydrogen (secondary N) is 1. The lowest BCUT2D eigenvalue weighted by molar-refractivity contribution is 0.961. The van der Waals surface area contributed by atoms with Crippen molar-refractivity contribution in [3.63, 3.8) is 0 Å². The van der Waals surface area contributed by atoms with E-state index in [1.54, 1.807) is 10.8 Å². The van der Waals surface area contributed by atoms with Gasteiger partial charge in [-0.3, -0.25) is 0 Å². The summed E-state index contributed by atoms with van der Waals surface area (Å²) in [4.78, 5) is 19.1. The van der Waals surface area contributed by atoms with Gasteiger partial charge < -0.3 is 4.98 Å². The van der Waals surface area contributed by atoms with Gasteiger partial charge in [0.25, 0.3) is 0 Å². The van der Waals surface area contributed by atoms with E-state index in [0.717, 1.165) is 21.1 Å². The van der Waals surface area contributed by atoms with Crippen molar-refractivity contribution in [2.24, 2.45) is 0 Å². The maximum absolute atomic E-state index is 12.0. The summed E-state index contributed by atoms with van der Waals surface area (Å²) in [5, 5.41) is 0. The number of aromatic amines is 1. The van der Waals surface area contributed by atoms with Crippen LogP contribution < -0.4 is 5.69 Å². The molecule has 3 aromatic rings. The first-order valence-electron chi connectivity index (χ1n) is 5.49. The van der Waals surface area contributed by atoms with Crippen LogP contribution in [0.3, 0.4) is 0 Å². The Hall–Kier alpha value is -1.88. The highest BCUT2D eigenvalue weighted by Crippen LogP contribution is 2.18. The van der Waals surface area contributed by atoms with Crippen molar-refractivity contribution >= 4 is 27.0 Å². The van der Waals surface area contributed by atoms with Gasteiger partial charge in [0.05, 0.1) is 11.0 Å². The number of aryl methyl sites for hydroxylation is 1. The van der Waals surface area contributed by atoms with Crippen LogP contribution in [0.2, 0.25) is 0 Å². The van der Waals surface area contributed by atoms with Crippen LogP contribution in [-0.2, 0) is 0 Å². The molecule has 0 spiro atoms. The van der Waals surface area contributed by atoms with Gasteiger partial charge >= 0.3 is 5.69 Å². The Labute approximate surface area is 111 Å². The van der Waals surface area contributed by atoms with E-state index >= 15 is 0 Å². The Balaban J connectivity index is 2.38. The van der Waals surface area contributed by atoms with Gasteiger partial charge in [0.2, 0.25) is 0 Å². The molecule has 0 radical (unpaired) electrons. The summed E-state index contributed by atoms with van der Waals surface area (Å²) in [6, 6.07) is 9.47. The zero-order valence-electron chi connectivity index (χ0n) is 9.64. The van der Waals surface area contributed by atoms with E-state index in [2.05, 4.69) is 25.9 Å². The van der Waals surface area contributed by atoms with Crippen LogP contribution in [0.15, 0.2) is 45.8 Å². The number of rotatable bonds is 1. The lowest BCUT2D eigenvalue weighted by Crippen LogP contribution is -2.15. The average Bonchev–Trinajstić information content (AvgIpc) is 2.68. The molecule has 1 N–H and O–H groups in total. The topological polar surface area (TPSA) is 50.7 Å². The molecule has 90 valence electrons. The molecule has 2 aromatic heterocycles. The van der Waals surface area contributed by atoms with Crippen LogP contribution in [0.1, 0.15) is 5.56 Å². The lowest BCUT2D eigenvalue weighted by atomic mass is 10.2. The van der Waals surface area contributed by atoms with Crippen molar-refractivity contribution in [1.29, 1.82) is 0 Å². The van der Waals surface area contributed by atoms with Crippen LogP contribution in [0.5, 0.6) is 0 Å². The third-order valence-corrected chi connectivity index (χ3v) is 3.32. The van der Waals surface area contributed by atoms with Crippen molar-refractivity contribution in [2.45, 2.75) is 6.92 Å². The number of H-pyrrole nitrogens is 1. The molecule has 0 aliphatic rings. The number of halogens is 1. The minimum Gasteiger partial charge on any atom is -0.305 e. The highest BCUT2D eigenvalue weighted by molar-refractivity contribution is 9.10. The number of hydrogen-bond acceptors (Lipinski definition) is 2. The minimum atomic E-state index is -0.172. The van der Waals surface area contributed by atoms with Crippen molar-refractivity contribution in [3.05, 3.63) is 57.0 Å². The smallest absolute Gasteiger partial charge is 0.305 e. The predicted octanol–water partition coefficient (Wildman–Crippen LogP) is 2.78. The molecule has 0 aliphatic carbocycles. The predicted molar refractivity (Wildman–Crippen MR) is 74.1 cm³/mol. The largest absolute Gasteiger partial charge is 0.332 e. The van der Waals surface area contributed by atoms with Crippen LogP contribution >= 0.6 is 15.9 Å². The molecule has 3 rings (SSSR count). The highest BCUT2D eigenvalue weighted by Gasteiger charge is 2.11. The molecule has 0 aliphatic heterocycles. The van der Waals surface area contributed by atoms with E-state index in [-0.39, 0.29) is 5.69 Å². The fraction of sp³-hybridized carbons (Fsp3) is 0.0769. The summed E-state index contributed by atoms with van der Waals surface area (Å²) in [6.07, 6.45) is 1.68. The quantitative estimate of drug-likeness (QED) is 0.751. The number of hydrogen-bond donors (Lipinski definition) is 1. The number of para-hydroxylation sites is 1. The van der Waals surface area contributed by atoms with Gasteiger partial charge in [-0.2, -0.15) is 0 Å². The molecule has 0 fully saturated rings. The normalized spacial score (nSPS) is 11.0. The standard InChI is InChI=1S/C13H10BrN3O/c1-8-3-2-4-10-12(8)17(13(18)16-10)11-6-5-9(14)7-15-11/h2-7H,1H3,(H,16,18). The first-order valence-corrected chi connectivity index (χ1v) is 6.28. The summed E-state index contributed by atoms with van der Waals surface area (Å²) in [7, 11) is 0. The zero-order chi connectivity index (χ0) is 12.7. The monoisotopic (exact) mass is 303 g/mol. The van der Waals surface area contributed by atoms with Gasteiger partial charge in [-0.15, -0.1) is 0 Å². The Kier molecular flexibility index (Phi) is 2.56.